The van der Waals surface area contributed by atoms with Crippen LogP contribution in [0.1, 0.15) is 10.6 Å². The fraction of sp³-hybridized carbons (Fsp3) is 0.0769. The summed E-state index contributed by atoms with van der Waals surface area (Å²) in [5.41, 5.74) is -1.47. The van der Waals surface area contributed by atoms with Crippen molar-refractivity contribution < 1.29 is 0 Å². The quantitative estimate of drug-likeness (QED) is 0.721. The van der Waals surface area contributed by atoms with Gasteiger partial charge in [0.25, 0.3) is 11.1 Å². The van der Waals surface area contributed by atoms with Gasteiger partial charge in [0, 0.05) is 11.9 Å². The highest BCUT2D eigenvalue weighted by atomic mass is 32.1. The molecule has 7 nitrogen and oxygen atoms in total. The van der Waals surface area contributed by atoms with Crippen molar-refractivity contribution in [1.29, 1.82) is 0 Å². The predicted molar refractivity (Wildman–Crippen MR) is 81.5 cm³/mol. The zero-order chi connectivity index (χ0) is 15.0. The van der Waals surface area contributed by atoms with Crippen LogP contribution >= 0.6 is 11.3 Å². The van der Waals surface area contributed by atoms with Gasteiger partial charge in [0.2, 0.25) is 0 Å². The average Bonchev–Trinajstić information content (AvgIpc) is 2.96. The average molecular weight is 302 g/mol. The molecular formula is C13H10N4O3S. The Balaban J connectivity index is 2.22. The van der Waals surface area contributed by atoms with Crippen molar-refractivity contribution in [3.63, 3.8) is 0 Å². The van der Waals surface area contributed by atoms with E-state index in [-0.39, 0.29) is 16.9 Å². The summed E-state index contributed by atoms with van der Waals surface area (Å²) in [6, 6.07) is 3.79. The van der Waals surface area contributed by atoms with Gasteiger partial charge in [-0.1, -0.05) is 6.07 Å². The zero-order valence-electron chi connectivity index (χ0n) is 10.9. The number of aromatic amines is 2. The van der Waals surface area contributed by atoms with Crippen molar-refractivity contribution >= 4 is 34.7 Å². The van der Waals surface area contributed by atoms with Crippen molar-refractivity contribution in [2.24, 2.45) is 7.05 Å². The molecule has 2 N–H and O–H groups in total. The van der Waals surface area contributed by atoms with Gasteiger partial charge >= 0.3 is 5.69 Å². The van der Waals surface area contributed by atoms with E-state index in [1.54, 1.807) is 6.08 Å². The second kappa shape index (κ2) is 4.98. The van der Waals surface area contributed by atoms with Crippen LogP contribution < -0.4 is 16.8 Å². The number of aromatic nitrogens is 4. The van der Waals surface area contributed by atoms with Crippen LogP contribution in [-0.2, 0) is 7.05 Å². The van der Waals surface area contributed by atoms with E-state index >= 15 is 0 Å². The standard InChI is InChI=1S/C13H10N4O3S/c1-17-10-9(12(19)16-13(17)20)14-8(11(18)15-10)5-4-7-3-2-6-21-7/h2-6H,1H3,(H,15,18)(H,16,19,20)/b5-4+. The van der Waals surface area contributed by atoms with Crippen LogP contribution in [-0.4, -0.2) is 19.5 Å². The second-order valence-corrected chi connectivity index (χ2v) is 5.29. The third-order valence-corrected chi connectivity index (χ3v) is 3.78. The summed E-state index contributed by atoms with van der Waals surface area (Å²) in [7, 11) is 1.44. The van der Waals surface area contributed by atoms with Crippen molar-refractivity contribution in [2.45, 2.75) is 0 Å². The van der Waals surface area contributed by atoms with Gasteiger partial charge in [-0.25, -0.2) is 9.78 Å². The Morgan fingerprint density at radius 2 is 2.00 bits per heavy atom. The van der Waals surface area contributed by atoms with Crippen molar-refractivity contribution in [1.82, 2.24) is 19.5 Å². The van der Waals surface area contributed by atoms with E-state index in [9.17, 15) is 14.4 Å². The normalized spacial score (nSPS) is 11.5. The largest absolute Gasteiger partial charge is 0.329 e. The van der Waals surface area contributed by atoms with E-state index in [1.807, 2.05) is 17.5 Å². The lowest BCUT2D eigenvalue weighted by molar-refractivity contribution is 0.820. The lowest BCUT2D eigenvalue weighted by atomic mass is 10.3. The number of nitrogens with one attached hydrogen (secondary N) is 2. The van der Waals surface area contributed by atoms with Gasteiger partial charge in [-0.3, -0.25) is 19.1 Å². The molecule has 3 rings (SSSR count). The first kappa shape index (κ1) is 13.3. The molecule has 3 aromatic rings. The van der Waals surface area contributed by atoms with Crippen LogP contribution in [0.15, 0.2) is 31.9 Å². The Labute approximate surface area is 121 Å². The van der Waals surface area contributed by atoms with E-state index in [0.29, 0.717) is 0 Å². The molecule has 21 heavy (non-hydrogen) atoms. The lowest BCUT2D eigenvalue weighted by Crippen LogP contribution is -2.31. The Kier molecular flexibility index (Phi) is 3.15. The first-order chi connectivity index (χ1) is 10.1. The summed E-state index contributed by atoms with van der Waals surface area (Å²) in [6.07, 6.45) is 3.28. The minimum atomic E-state index is -0.630. The van der Waals surface area contributed by atoms with Crippen LogP contribution in [0.4, 0.5) is 0 Å². The molecule has 0 unspecified atom stereocenters. The molecule has 0 aliphatic carbocycles. The minimum Gasteiger partial charge on any atom is -0.305 e. The van der Waals surface area contributed by atoms with Crippen molar-refractivity contribution in [3.8, 4) is 0 Å². The Hall–Kier alpha value is -2.74. The zero-order valence-corrected chi connectivity index (χ0v) is 11.7. The number of hydrogen-bond donors (Lipinski definition) is 2. The summed E-state index contributed by atoms with van der Waals surface area (Å²) in [4.78, 5) is 44.9. The maximum Gasteiger partial charge on any atom is 0.329 e. The molecule has 0 bridgehead atoms. The van der Waals surface area contributed by atoms with Gasteiger partial charge in [0.15, 0.2) is 5.52 Å². The molecule has 0 aliphatic rings. The van der Waals surface area contributed by atoms with E-state index < -0.39 is 16.8 Å². The highest BCUT2D eigenvalue weighted by Gasteiger charge is 2.09. The maximum atomic E-state index is 12.0. The first-order valence-corrected chi connectivity index (χ1v) is 6.89. The molecule has 0 aliphatic heterocycles. The fourth-order valence-corrected chi connectivity index (χ4v) is 2.48. The second-order valence-electron chi connectivity index (χ2n) is 4.32. The summed E-state index contributed by atoms with van der Waals surface area (Å²) < 4.78 is 1.14. The molecule has 3 heterocycles. The molecule has 0 radical (unpaired) electrons. The number of rotatable bonds is 2. The molecule has 0 saturated carbocycles. The van der Waals surface area contributed by atoms with E-state index in [0.717, 1.165) is 9.44 Å². The van der Waals surface area contributed by atoms with Gasteiger partial charge in [-0.05, 0) is 23.6 Å². The SMILES string of the molecule is Cn1c(=O)[nH]c(=O)c2nc(/C=C/c3cccs3)c(=O)[nH]c21. The van der Waals surface area contributed by atoms with Crippen LogP contribution in [0.2, 0.25) is 0 Å². The third-order valence-electron chi connectivity index (χ3n) is 2.95. The van der Waals surface area contributed by atoms with E-state index in [1.165, 1.54) is 24.5 Å². The van der Waals surface area contributed by atoms with Crippen molar-refractivity contribution in [3.05, 3.63) is 59.3 Å². The maximum absolute atomic E-state index is 12.0. The number of aryl methyl sites for hydroxylation is 1. The molecule has 0 amide bonds. The lowest BCUT2D eigenvalue weighted by Gasteiger charge is -2.02. The Bertz CT molecular complexity index is 1010. The van der Waals surface area contributed by atoms with Crippen LogP contribution in [0.25, 0.3) is 23.3 Å². The Morgan fingerprint density at radius 3 is 2.71 bits per heavy atom. The van der Waals surface area contributed by atoms with Gasteiger partial charge in [-0.15, -0.1) is 11.3 Å². The third kappa shape index (κ3) is 2.36. The first-order valence-electron chi connectivity index (χ1n) is 6.01. The van der Waals surface area contributed by atoms with Gasteiger partial charge < -0.3 is 4.98 Å². The highest BCUT2D eigenvalue weighted by Crippen LogP contribution is 2.11. The molecule has 8 heteroatoms. The number of hydrogen-bond acceptors (Lipinski definition) is 5. The highest BCUT2D eigenvalue weighted by molar-refractivity contribution is 7.10. The van der Waals surface area contributed by atoms with E-state index in [4.69, 9.17) is 0 Å². The molecule has 0 spiro atoms. The molecule has 0 atom stereocenters. The number of thiophene rings is 1. The Morgan fingerprint density at radius 1 is 1.19 bits per heavy atom. The number of fused-ring (bicyclic) bond motifs is 1. The van der Waals surface area contributed by atoms with Crippen molar-refractivity contribution in [2.75, 3.05) is 0 Å². The van der Waals surface area contributed by atoms with E-state index in [2.05, 4.69) is 15.0 Å². The van der Waals surface area contributed by atoms with Gasteiger partial charge in [0.1, 0.15) is 11.3 Å². The topological polar surface area (TPSA) is 101 Å². The van der Waals surface area contributed by atoms with Crippen LogP contribution in [0.3, 0.4) is 0 Å². The van der Waals surface area contributed by atoms with Crippen LogP contribution in [0.5, 0.6) is 0 Å². The number of H-pyrrole nitrogens is 2. The summed E-state index contributed by atoms with van der Waals surface area (Å²) in [5, 5.41) is 1.91. The smallest absolute Gasteiger partial charge is 0.305 e. The molecule has 3 aromatic heterocycles. The summed E-state index contributed by atoms with van der Waals surface area (Å²) >= 11 is 1.52. The van der Waals surface area contributed by atoms with Gasteiger partial charge in [-0.2, -0.15) is 0 Å². The molecule has 106 valence electrons. The number of nitrogens with zero attached hydrogens (tertiary/aromatic N) is 2. The molecule has 0 fully saturated rings. The fourth-order valence-electron chi connectivity index (χ4n) is 1.86. The molecular weight excluding hydrogens is 292 g/mol. The monoisotopic (exact) mass is 302 g/mol. The van der Waals surface area contributed by atoms with Gasteiger partial charge in [0.05, 0.1) is 0 Å². The molecule has 0 aromatic carbocycles. The minimum absolute atomic E-state index is 0.0162. The summed E-state index contributed by atoms with van der Waals surface area (Å²) in [6.45, 7) is 0. The predicted octanol–water partition coefficient (Wildman–Crippen LogP) is 0.542. The summed E-state index contributed by atoms with van der Waals surface area (Å²) in [5.74, 6) is 0. The molecule has 0 saturated heterocycles. The van der Waals surface area contributed by atoms with Crippen LogP contribution in [0, 0.1) is 0 Å².